The fraction of sp³-hybridized carbons (Fsp3) is 0.263. The summed E-state index contributed by atoms with van der Waals surface area (Å²) in [6.07, 6.45) is 0. The van der Waals surface area contributed by atoms with Crippen LogP contribution < -0.4 is 10.2 Å². The van der Waals surface area contributed by atoms with Crippen molar-refractivity contribution < 1.29 is 9.59 Å². The van der Waals surface area contributed by atoms with E-state index in [2.05, 4.69) is 24.1 Å². The molecule has 0 heterocycles. The van der Waals surface area contributed by atoms with Gasteiger partial charge in [-0.2, -0.15) is 0 Å². The second-order valence-electron chi connectivity index (χ2n) is 5.31. The fourth-order valence-corrected chi connectivity index (χ4v) is 2.49. The van der Waals surface area contributed by atoms with Crippen LogP contribution in [0.3, 0.4) is 0 Å². The number of amides is 1. The van der Waals surface area contributed by atoms with Crippen LogP contribution in [0.25, 0.3) is 0 Å². The van der Waals surface area contributed by atoms with Crippen molar-refractivity contribution >= 4 is 23.1 Å². The Morgan fingerprint density at radius 3 is 1.78 bits per heavy atom. The second kappa shape index (κ2) is 7.58. The van der Waals surface area contributed by atoms with Gasteiger partial charge in [0.1, 0.15) is 0 Å². The van der Waals surface area contributed by atoms with Gasteiger partial charge in [-0.15, -0.1) is 0 Å². The summed E-state index contributed by atoms with van der Waals surface area (Å²) in [4.78, 5) is 25.7. The van der Waals surface area contributed by atoms with E-state index in [9.17, 15) is 9.59 Å². The minimum absolute atomic E-state index is 0.0227. The van der Waals surface area contributed by atoms with E-state index in [1.54, 1.807) is 24.3 Å². The molecule has 0 atom stereocenters. The molecule has 2 rings (SSSR count). The van der Waals surface area contributed by atoms with Crippen molar-refractivity contribution in [1.29, 1.82) is 0 Å². The van der Waals surface area contributed by atoms with Crippen LogP contribution >= 0.6 is 0 Å². The van der Waals surface area contributed by atoms with E-state index in [-0.39, 0.29) is 11.7 Å². The van der Waals surface area contributed by atoms with Crippen LogP contribution in [-0.2, 0) is 4.79 Å². The van der Waals surface area contributed by atoms with Crippen molar-refractivity contribution in [1.82, 2.24) is 0 Å². The van der Waals surface area contributed by atoms with E-state index < -0.39 is 0 Å². The van der Waals surface area contributed by atoms with Crippen LogP contribution in [0.2, 0.25) is 0 Å². The highest BCUT2D eigenvalue weighted by atomic mass is 16.1. The lowest BCUT2D eigenvalue weighted by molar-refractivity contribution is -0.114. The summed E-state index contributed by atoms with van der Waals surface area (Å²) in [5.74, 6) is -0.151. The molecule has 0 aliphatic carbocycles. The summed E-state index contributed by atoms with van der Waals surface area (Å²) in [6, 6.07) is 14.6. The van der Waals surface area contributed by atoms with Gasteiger partial charge < -0.3 is 10.2 Å². The van der Waals surface area contributed by atoms with E-state index in [0.29, 0.717) is 16.8 Å². The van der Waals surface area contributed by atoms with E-state index in [1.165, 1.54) is 6.92 Å². The molecule has 4 heteroatoms. The van der Waals surface area contributed by atoms with Crippen LogP contribution in [0.4, 0.5) is 11.4 Å². The number of benzene rings is 2. The Balaban J connectivity index is 2.15. The number of ketones is 1. The Hall–Kier alpha value is -2.62. The molecule has 4 nitrogen and oxygen atoms in total. The summed E-state index contributed by atoms with van der Waals surface area (Å²) in [7, 11) is 0. The maximum absolute atomic E-state index is 12.5. The zero-order valence-electron chi connectivity index (χ0n) is 13.8. The van der Waals surface area contributed by atoms with Crippen molar-refractivity contribution in [3.05, 3.63) is 59.7 Å². The number of carbonyl (C=O) groups is 2. The minimum atomic E-state index is -0.129. The molecule has 0 spiro atoms. The molecule has 0 aliphatic heterocycles. The number of hydrogen-bond acceptors (Lipinski definition) is 3. The molecule has 23 heavy (non-hydrogen) atoms. The van der Waals surface area contributed by atoms with Gasteiger partial charge in [0.25, 0.3) is 0 Å². The number of nitrogens with zero attached hydrogens (tertiary/aromatic N) is 1. The summed E-state index contributed by atoms with van der Waals surface area (Å²) in [5, 5.41) is 2.69. The van der Waals surface area contributed by atoms with Crippen molar-refractivity contribution in [3.63, 3.8) is 0 Å². The molecule has 0 fully saturated rings. The highest BCUT2D eigenvalue weighted by Gasteiger charge is 2.10. The SMILES string of the molecule is CCN(CC)c1ccc(C(=O)c2ccc(NC(C)=O)cc2)cc1. The van der Waals surface area contributed by atoms with Crippen LogP contribution in [0.5, 0.6) is 0 Å². The number of anilines is 2. The lowest BCUT2D eigenvalue weighted by atomic mass is 10.0. The lowest BCUT2D eigenvalue weighted by Gasteiger charge is -2.21. The first kappa shape index (κ1) is 16.7. The quantitative estimate of drug-likeness (QED) is 0.827. The Bertz CT molecular complexity index is 672. The fourth-order valence-electron chi connectivity index (χ4n) is 2.49. The van der Waals surface area contributed by atoms with Gasteiger partial charge in [0, 0.05) is 42.5 Å². The highest BCUT2D eigenvalue weighted by molar-refractivity contribution is 6.09. The lowest BCUT2D eigenvalue weighted by Crippen LogP contribution is -2.21. The maximum atomic E-state index is 12.5. The summed E-state index contributed by atoms with van der Waals surface area (Å²) in [6.45, 7) is 7.55. The van der Waals surface area contributed by atoms with Crippen LogP contribution in [0.15, 0.2) is 48.5 Å². The molecule has 0 saturated heterocycles. The summed E-state index contributed by atoms with van der Waals surface area (Å²) in [5.41, 5.74) is 3.07. The second-order valence-corrected chi connectivity index (χ2v) is 5.31. The van der Waals surface area contributed by atoms with Crippen molar-refractivity contribution in [2.75, 3.05) is 23.3 Å². The number of carbonyl (C=O) groups excluding carboxylic acids is 2. The molecule has 0 saturated carbocycles. The first-order chi connectivity index (χ1) is 11.0. The number of hydrogen-bond donors (Lipinski definition) is 1. The smallest absolute Gasteiger partial charge is 0.221 e. The molecule has 0 aliphatic rings. The van der Waals surface area contributed by atoms with Gasteiger partial charge in [0.05, 0.1) is 0 Å². The molecule has 1 N–H and O–H groups in total. The van der Waals surface area contributed by atoms with Crippen LogP contribution in [0, 0.1) is 0 Å². The predicted octanol–water partition coefficient (Wildman–Crippen LogP) is 3.72. The first-order valence-corrected chi connectivity index (χ1v) is 7.82. The third kappa shape index (κ3) is 4.19. The standard InChI is InChI=1S/C19H22N2O2/c1-4-21(5-2)18-12-8-16(9-13-18)19(23)15-6-10-17(11-7-15)20-14(3)22/h6-13H,4-5H2,1-3H3,(H,20,22). The highest BCUT2D eigenvalue weighted by Crippen LogP contribution is 2.18. The molecule has 1 amide bonds. The molecule has 2 aromatic carbocycles. The van der Waals surface area contributed by atoms with E-state index in [0.717, 1.165) is 18.8 Å². The van der Waals surface area contributed by atoms with Gasteiger partial charge >= 0.3 is 0 Å². The summed E-state index contributed by atoms with van der Waals surface area (Å²) >= 11 is 0. The number of rotatable bonds is 6. The van der Waals surface area contributed by atoms with Gasteiger partial charge in [-0.25, -0.2) is 0 Å². The van der Waals surface area contributed by atoms with E-state index >= 15 is 0 Å². The van der Waals surface area contributed by atoms with Gasteiger partial charge in [0.2, 0.25) is 5.91 Å². The first-order valence-electron chi connectivity index (χ1n) is 7.82. The molecule has 120 valence electrons. The average Bonchev–Trinajstić information content (AvgIpc) is 2.56. The molecule has 0 aromatic heterocycles. The normalized spacial score (nSPS) is 10.2. The maximum Gasteiger partial charge on any atom is 0.221 e. The largest absolute Gasteiger partial charge is 0.372 e. The zero-order valence-corrected chi connectivity index (χ0v) is 13.8. The minimum Gasteiger partial charge on any atom is -0.372 e. The Morgan fingerprint density at radius 1 is 0.870 bits per heavy atom. The third-order valence-corrected chi connectivity index (χ3v) is 3.73. The van der Waals surface area contributed by atoms with E-state index in [4.69, 9.17) is 0 Å². The van der Waals surface area contributed by atoms with Gasteiger partial charge in [-0.05, 0) is 62.4 Å². The van der Waals surface area contributed by atoms with Gasteiger partial charge in [-0.3, -0.25) is 9.59 Å². The Morgan fingerprint density at radius 2 is 1.35 bits per heavy atom. The molecule has 0 radical (unpaired) electrons. The molecular formula is C19H22N2O2. The molecular weight excluding hydrogens is 288 g/mol. The van der Waals surface area contributed by atoms with Crippen molar-refractivity contribution in [2.24, 2.45) is 0 Å². The van der Waals surface area contributed by atoms with Gasteiger partial charge in [0.15, 0.2) is 5.78 Å². The third-order valence-electron chi connectivity index (χ3n) is 3.73. The summed E-state index contributed by atoms with van der Waals surface area (Å²) < 4.78 is 0. The molecule has 2 aromatic rings. The van der Waals surface area contributed by atoms with Crippen LogP contribution in [0.1, 0.15) is 36.7 Å². The van der Waals surface area contributed by atoms with Gasteiger partial charge in [-0.1, -0.05) is 0 Å². The Labute approximate surface area is 137 Å². The van der Waals surface area contributed by atoms with Crippen molar-refractivity contribution in [2.45, 2.75) is 20.8 Å². The van der Waals surface area contributed by atoms with E-state index in [1.807, 2.05) is 24.3 Å². The molecule has 0 bridgehead atoms. The molecule has 0 unspecified atom stereocenters. The zero-order chi connectivity index (χ0) is 16.8. The monoisotopic (exact) mass is 310 g/mol. The number of nitrogens with one attached hydrogen (secondary N) is 1. The average molecular weight is 310 g/mol. The Kier molecular flexibility index (Phi) is 5.52. The van der Waals surface area contributed by atoms with Crippen LogP contribution in [-0.4, -0.2) is 24.8 Å². The topological polar surface area (TPSA) is 49.4 Å². The predicted molar refractivity (Wildman–Crippen MR) is 94.2 cm³/mol. The van der Waals surface area contributed by atoms with Crippen molar-refractivity contribution in [3.8, 4) is 0 Å².